The Morgan fingerprint density at radius 3 is 2.89 bits per heavy atom. The van der Waals surface area contributed by atoms with Crippen molar-refractivity contribution in [2.45, 2.75) is 38.6 Å². The lowest BCUT2D eigenvalue weighted by molar-refractivity contribution is -0.122. The Hall–Kier alpha value is -1.55. The number of aromatic hydroxyl groups is 1. The number of amides is 1. The van der Waals surface area contributed by atoms with E-state index >= 15 is 0 Å². The first-order valence-electron chi connectivity index (χ1n) is 6.43. The van der Waals surface area contributed by atoms with Gasteiger partial charge in [-0.25, -0.2) is 0 Å². The van der Waals surface area contributed by atoms with Crippen LogP contribution < -0.4 is 10.6 Å². The van der Waals surface area contributed by atoms with E-state index in [0.717, 1.165) is 31.4 Å². The number of benzene rings is 1. The summed E-state index contributed by atoms with van der Waals surface area (Å²) >= 11 is 0. The Labute approximate surface area is 107 Å². The molecule has 1 heterocycles. The number of hydrogen-bond acceptors (Lipinski definition) is 3. The number of aryl methyl sites for hydroxylation is 1. The molecule has 1 aromatic carbocycles. The molecule has 0 bridgehead atoms. The highest BCUT2D eigenvalue weighted by Gasteiger charge is 2.39. The summed E-state index contributed by atoms with van der Waals surface area (Å²) < 4.78 is 0. The van der Waals surface area contributed by atoms with Gasteiger partial charge < -0.3 is 15.7 Å². The van der Waals surface area contributed by atoms with Crippen LogP contribution in [0, 0.1) is 6.92 Å². The number of nitrogens with one attached hydrogen (secondary N) is 2. The number of anilines is 1. The Morgan fingerprint density at radius 2 is 2.33 bits per heavy atom. The van der Waals surface area contributed by atoms with Crippen molar-refractivity contribution in [1.82, 2.24) is 5.32 Å². The standard InChI is InChI=1S/C14H20N2O2/c1-3-14(7-4-8-15-14)13(18)16-11-6-5-10(2)12(17)9-11/h5-6,9,15,17H,3-4,7-8H2,1-2H3,(H,16,18). The third-order valence-electron chi connectivity index (χ3n) is 3.75. The topological polar surface area (TPSA) is 61.4 Å². The van der Waals surface area contributed by atoms with E-state index in [0.29, 0.717) is 5.69 Å². The molecule has 98 valence electrons. The quantitative estimate of drug-likeness (QED) is 0.768. The molecular weight excluding hydrogens is 228 g/mol. The smallest absolute Gasteiger partial charge is 0.244 e. The molecule has 1 aliphatic heterocycles. The van der Waals surface area contributed by atoms with E-state index < -0.39 is 5.54 Å². The van der Waals surface area contributed by atoms with Crippen LogP contribution in [0.15, 0.2) is 18.2 Å². The summed E-state index contributed by atoms with van der Waals surface area (Å²) in [6.45, 7) is 4.73. The van der Waals surface area contributed by atoms with Gasteiger partial charge in [-0.3, -0.25) is 4.79 Å². The number of hydrogen-bond donors (Lipinski definition) is 3. The van der Waals surface area contributed by atoms with Crippen molar-refractivity contribution in [2.24, 2.45) is 0 Å². The average molecular weight is 248 g/mol. The normalized spacial score (nSPS) is 23.0. The Balaban J connectivity index is 2.13. The molecule has 1 aliphatic rings. The maximum atomic E-state index is 12.3. The van der Waals surface area contributed by atoms with Gasteiger partial charge in [0.1, 0.15) is 5.75 Å². The third-order valence-corrected chi connectivity index (χ3v) is 3.75. The highest BCUT2D eigenvalue weighted by atomic mass is 16.3. The van der Waals surface area contributed by atoms with Gasteiger partial charge in [-0.15, -0.1) is 0 Å². The van der Waals surface area contributed by atoms with Gasteiger partial charge in [-0.2, -0.15) is 0 Å². The van der Waals surface area contributed by atoms with E-state index in [1.165, 1.54) is 0 Å². The molecule has 1 unspecified atom stereocenters. The molecule has 1 aromatic rings. The first-order chi connectivity index (χ1) is 8.57. The van der Waals surface area contributed by atoms with Crippen LogP contribution in [0.1, 0.15) is 31.7 Å². The van der Waals surface area contributed by atoms with Crippen LogP contribution in [0.25, 0.3) is 0 Å². The summed E-state index contributed by atoms with van der Waals surface area (Å²) in [7, 11) is 0. The van der Waals surface area contributed by atoms with Gasteiger partial charge in [0.25, 0.3) is 0 Å². The van der Waals surface area contributed by atoms with Gasteiger partial charge in [0.2, 0.25) is 5.91 Å². The van der Waals surface area contributed by atoms with Gasteiger partial charge in [0.15, 0.2) is 0 Å². The monoisotopic (exact) mass is 248 g/mol. The van der Waals surface area contributed by atoms with Crippen molar-refractivity contribution in [3.8, 4) is 5.75 Å². The molecule has 1 atom stereocenters. The first kappa shape index (κ1) is 12.9. The molecule has 0 radical (unpaired) electrons. The van der Waals surface area contributed by atoms with Gasteiger partial charge in [-0.05, 0) is 44.4 Å². The van der Waals surface area contributed by atoms with Crippen molar-refractivity contribution in [3.63, 3.8) is 0 Å². The SMILES string of the molecule is CCC1(C(=O)Nc2ccc(C)c(O)c2)CCCN1. The molecule has 3 N–H and O–H groups in total. The molecule has 2 rings (SSSR count). The molecule has 1 amide bonds. The number of carbonyl (C=O) groups is 1. The molecule has 0 saturated carbocycles. The summed E-state index contributed by atoms with van der Waals surface area (Å²) in [5, 5.41) is 15.8. The molecule has 0 spiro atoms. The van der Waals surface area contributed by atoms with Crippen molar-refractivity contribution in [2.75, 3.05) is 11.9 Å². The van der Waals surface area contributed by atoms with Crippen LogP contribution in [0.3, 0.4) is 0 Å². The minimum atomic E-state index is -0.444. The molecule has 0 aliphatic carbocycles. The van der Waals surface area contributed by atoms with Gasteiger partial charge in [0, 0.05) is 11.8 Å². The lowest BCUT2D eigenvalue weighted by atomic mass is 9.93. The minimum absolute atomic E-state index is 0.00856. The maximum absolute atomic E-state index is 12.3. The number of carbonyl (C=O) groups excluding carboxylic acids is 1. The van der Waals surface area contributed by atoms with Gasteiger partial charge >= 0.3 is 0 Å². The molecule has 4 nitrogen and oxygen atoms in total. The van der Waals surface area contributed by atoms with Gasteiger partial charge in [0.05, 0.1) is 5.54 Å². The molecule has 18 heavy (non-hydrogen) atoms. The van der Waals surface area contributed by atoms with Crippen molar-refractivity contribution < 1.29 is 9.90 Å². The predicted molar refractivity (Wildman–Crippen MR) is 71.7 cm³/mol. The van der Waals surface area contributed by atoms with E-state index in [1.54, 1.807) is 12.1 Å². The van der Waals surface area contributed by atoms with Crippen LogP contribution in [0.4, 0.5) is 5.69 Å². The fraction of sp³-hybridized carbons (Fsp3) is 0.500. The molecule has 4 heteroatoms. The highest BCUT2D eigenvalue weighted by molar-refractivity contribution is 5.98. The molecule has 1 fully saturated rings. The zero-order valence-electron chi connectivity index (χ0n) is 10.9. The molecule has 1 saturated heterocycles. The average Bonchev–Trinajstić information content (AvgIpc) is 2.84. The zero-order valence-corrected chi connectivity index (χ0v) is 10.9. The summed E-state index contributed by atoms with van der Waals surface area (Å²) in [5.41, 5.74) is 1.00. The van der Waals surface area contributed by atoms with Crippen molar-refractivity contribution in [1.29, 1.82) is 0 Å². The molecular formula is C14H20N2O2. The fourth-order valence-corrected chi connectivity index (χ4v) is 2.40. The highest BCUT2D eigenvalue weighted by Crippen LogP contribution is 2.26. The van der Waals surface area contributed by atoms with Crippen LogP contribution in [0.5, 0.6) is 5.75 Å². The summed E-state index contributed by atoms with van der Waals surface area (Å²) in [5.74, 6) is 0.198. The van der Waals surface area contributed by atoms with Crippen molar-refractivity contribution in [3.05, 3.63) is 23.8 Å². The van der Waals surface area contributed by atoms with Crippen LogP contribution in [-0.4, -0.2) is 23.1 Å². The van der Waals surface area contributed by atoms with Crippen LogP contribution >= 0.6 is 0 Å². The Morgan fingerprint density at radius 1 is 1.56 bits per heavy atom. The van der Waals surface area contributed by atoms with Crippen molar-refractivity contribution >= 4 is 11.6 Å². The maximum Gasteiger partial charge on any atom is 0.244 e. The Kier molecular flexibility index (Phi) is 3.57. The number of phenolic OH excluding ortho intramolecular Hbond substituents is 1. The summed E-state index contributed by atoms with van der Waals surface area (Å²) in [6, 6.07) is 5.20. The summed E-state index contributed by atoms with van der Waals surface area (Å²) in [6.07, 6.45) is 2.67. The van der Waals surface area contributed by atoms with Gasteiger partial charge in [-0.1, -0.05) is 13.0 Å². The third kappa shape index (κ3) is 2.34. The van der Waals surface area contributed by atoms with E-state index in [-0.39, 0.29) is 11.7 Å². The second-order valence-electron chi connectivity index (χ2n) is 4.92. The lowest BCUT2D eigenvalue weighted by Gasteiger charge is -2.26. The van der Waals surface area contributed by atoms with Crippen LogP contribution in [0.2, 0.25) is 0 Å². The Bertz CT molecular complexity index is 451. The summed E-state index contributed by atoms with van der Waals surface area (Å²) in [4.78, 5) is 12.3. The largest absolute Gasteiger partial charge is 0.508 e. The molecule has 0 aromatic heterocycles. The number of rotatable bonds is 3. The number of phenols is 1. The second-order valence-corrected chi connectivity index (χ2v) is 4.92. The first-order valence-corrected chi connectivity index (χ1v) is 6.43. The lowest BCUT2D eigenvalue weighted by Crippen LogP contribution is -2.50. The van der Waals surface area contributed by atoms with E-state index in [9.17, 15) is 9.90 Å². The minimum Gasteiger partial charge on any atom is -0.508 e. The predicted octanol–water partition coefficient (Wildman–Crippen LogP) is 2.17. The second kappa shape index (κ2) is 4.98. The van der Waals surface area contributed by atoms with E-state index in [4.69, 9.17) is 0 Å². The zero-order chi connectivity index (χ0) is 13.2. The van der Waals surface area contributed by atoms with E-state index in [1.807, 2.05) is 19.9 Å². The van der Waals surface area contributed by atoms with Crippen LogP contribution in [-0.2, 0) is 4.79 Å². The fourth-order valence-electron chi connectivity index (χ4n) is 2.40. The van der Waals surface area contributed by atoms with E-state index in [2.05, 4.69) is 10.6 Å².